The molecule has 0 saturated carbocycles. The van der Waals surface area contributed by atoms with Gasteiger partial charge in [-0.25, -0.2) is 24.6 Å². The SMILES string of the molecule is O=C(NCCCOc1ccc2nc3[nH]c(=O)[nH]c3cc2c1)N1CCN(N2CCC(Cc3ccccc3)CC2)CC1. The maximum Gasteiger partial charge on any atom is 0.325 e. The maximum atomic E-state index is 12.7. The summed E-state index contributed by atoms with van der Waals surface area (Å²) in [4.78, 5) is 36.0. The molecule has 0 bridgehead atoms. The van der Waals surface area contributed by atoms with E-state index in [1.165, 1.54) is 24.8 Å². The van der Waals surface area contributed by atoms with E-state index in [0.29, 0.717) is 30.7 Å². The Balaban J connectivity index is 0.878. The van der Waals surface area contributed by atoms with Crippen molar-refractivity contribution in [3.8, 4) is 5.75 Å². The molecule has 210 valence electrons. The molecule has 2 aliphatic heterocycles. The van der Waals surface area contributed by atoms with Gasteiger partial charge in [-0.2, -0.15) is 0 Å². The third-order valence-corrected chi connectivity index (χ3v) is 8.03. The van der Waals surface area contributed by atoms with E-state index in [1.54, 1.807) is 0 Å². The smallest absolute Gasteiger partial charge is 0.325 e. The van der Waals surface area contributed by atoms with Gasteiger partial charge in [-0.15, -0.1) is 0 Å². The summed E-state index contributed by atoms with van der Waals surface area (Å²) in [6, 6.07) is 18.4. The van der Waals surface area contributed by atoms with Crippen molar-refractivity contribution in [3.05, 3.63) is 70.6 Å². The second-order valence-electron chi connectivity index (χ2n) is 10.8. The molecule has 2 amide bonds. The number of aromatic nitrogens is 3. The van der Waals surface area contributed by atoms with E-state index in [9.17, 15) is 9.59 Å². The molecule has 0 spiro atoms. The fraction of sp³-hybridized carbons (Fsp3) is 0.433. The molecule has 2 aromatic carbocycles. The van der Waals surface area contributed by atoms with E-state index in [2.05, 4.69) is 60.6 Å². The summed E-state index contributed by atoms with van der Waals surface area (Å²) >= 11 is 0. The normalized spacial score (nSPS) is 17.4. The average molecular weight is 544 g/mol. The molecule has 0 aliphatic carbocycles. The Kier molecular flexibility index (Phi) is 7.97. The van der Waals surface area contributed by atoms with Crippen molar-refractivity contribution in [2.45, 2.75) is 25.7 Å². The van der Waals surface area contributed by atoms with Crippen molar-refractivity contribution in [2.75, 3.05) is 52.4 Å². The molecular formula is C30H37N7O3. The number of imidazole rings is 1. The van der Waals surface area contributed by atoms with Crippen LogP contribution in [0, 0.1) is 5.92 Å². The van der Waals surface area contributed by atoms with E-state index in [-0.39, 0.29) is 11.7 Å². The molecule has 6 rings (SSSR count). The van der Waals surface area contributed by atoms with E-state index in [4.69, 9.17) is 4.74 Å². The number of benzene rings is 2. The number of piperazine rings is 1. The predicted molar refractivity (Wildman–Crippen MR) is 155 cm³/mol. The summed E-state index contributed by atoms with van der Waals surface area (Å²) in [6.45, 7) is 6.54. The molecule has 4 aromatic rings. The van der Waals surface area contributed by atoms with E-state index in [0.717, 1.165) is 61.8 Å². The van der Waals surface area contributed by atoms with Crippen molar-refractivity contribution >= 4 is 28.1 Å². The number of pyridine rings is 1. The van der Waals surface area contributed by atoms with Gasteiger partial charge in [-0.1, -0.05) is 30.3 Å². The summed E-state index contributed by atoms with van der Waals surface area (Å²) in [5.74, 6) is 1.49. The molecule has 10 heteroatoms. The highest BCUT2D eigenvalue weighted by Gasteiger charge is 2.28. The first kappa shape index (κ1) is 26.3. The molecular weight excluding hydrogens is 506 g/mol. The summed E-state index contributed by atoms with van der Waals surface area (Å²) in [5, 5.41) is 8.87. The topological polar surface area (TPSA) is 110 Å². The number of nitrogens with zero attached hydrogens (tertiary/aromatic N) is 4. The lowest BCUT2D eigenvalue weighted by Crippen LogP contribution is -2.58. The number of urea groups is 1. The minimum atomic E-state index is -0.270. The van der Waals surface area contributed by atoms with Crippen LogP contribution in [0.1, 0.15) is 24.8 Å². The Bertz CT molecular complexity index is 1490. The van der Waals surface area contributed by atoms with Crippen LogP contribution in [0.3, 0.4) is 0 Å². The fourth-order valence-electron chi connectivity index (χ4n) is 5.80. The number of hydrogen-bond acceptors (Lipinski definition) is 6. The Labute approximate surface area is 233 Å². The van der Waals surface area contributed by atoms with Gasteiger partial charge in [0.25, 0.3) is 0 Å². The average Bonchev–Trinajstić information content (AvgIpc) is 3.35. The highest BCUT2D eigenvalue weighted by atomic mass is 16.5. The van der Waals surface area contributed by atoms with Crippen molar-refractivity contribution < 1.29 is 9.53 Å². The second kappa shape index (κ2) is 12.1. The number of piperidine rings is 1. The lowest BCUT2D eigenvalue weighted by molar-refractivity contribution is -0.0699. The molecule has 3 N–H and O–H groups in total. The van der Waals surface area contributed by atoms with Gasteiger partial charge in [-0.05, 0) is 61.4 Å². The molecule has 0 radical (unpaired) electrons. The van der Waals surface area contributed by atoms with Gasteiger partial charge in [-0.3, -0.25) is 4.98 Å². The molecule has 2 aromatic heterocycles. The van der Waals surface area contributed by atoms with Crippen LogP contribution in [0.4, 0.5) is 4.79 Å². The first-order valence-electron chi connectivity index (χ1n) is 14.3. The van der Waals surface area contributed by atoms with E-state index >= 15 is 0 Å². The number of aromatic amines is 2. The van der Waals surface area contributed by atoms with Crippen LogP contribution in [0.15, 0.2) is 59.4 Å². The van der Waals surface area contributed by atoms with Crippen LogP contribution >= 0.6 is 0 Å². The number of hydrazine groups is 1. The van der Waals surface area contributed by atoms with Gasteiger partial charge in [0.15, 0.2) is 5.65 Å². The molecule has 40 heavy (non-hydrogen) atoms. The molecule has 2 aliphatic rings. The third-order valence-electron chi connectivity index (χ3n) is 8.03. The Morgan fingerprint density at radius 3 is 2.52 bits per heavy atom. The fourth-order valence-corrected chi connectivity index (χ4v) is 5.80. The third kappa shape index (κ3) is 6.29. The molecule has 0 atom stereocenters. The zero-order valence-electron chi connectivity index (χ0n) is 22.8. The summed E-state index contributed by atoms with van der Waals surface area (Å²) in [7, 11) is 0. The number of hydrogen-bond donors (Lipinski definition) is 3. The van der Waals surface area contributed by atoms with Crippen molar-refractivity contribution in [1.29, 1.82) is 0 Å². The minimum Gasteiger partial charge on any atom is -0.494 e. The Morgan fingerprint density at radius 1 is 0.950 bits per heavy atom. The minimum absolute atomic E-state index is 0.00232. The second-order valence-corrected chi connectivity index (χ2v) is 10.8. The number of amides is 2. The number of H-pyrrole nitrogens is 2. The first-order chi connectivity index (χ1) is 19.6. The molecule has 4 heterocycles. The molecule has 10 nitrogen and oxygen atoms in total. The van der Waals surface area contributed by atoms with Crippen molar-refractivity contribution in [3.63, 3.8) is 0 Å². The lowest BCUT2D eigenvalue weighted by atomic mass is 9.91. The summed E-state index contributed by atoms with van der Waals surface area (Å²) in [5.41, 5.74) is 3.17. The number of fused-ring (bicyclic) bond motifs is 2. The lowest BCUT2D eigenvalue weighted by Gasteiger charge is -2.44. The largest absolute Gasteiger partial charge is 0.494 e. The zero-order chi connectivity index (χ0) is 27.3. The molecule has 2 saturated heterocycles. The molecule has 0 unspecified atom stereocenters. The highest BCUT2D eigenvalue weighted by molar-refractivity contribution is 5.90. The van der Waals surface area contributed by atoms with Crippen LogP contribution in [-0.2, 0) is 6.42 Å². The quantitative estimate of drug-likeness (QED) is 0.294. The van der Waals surface area contributed by atoms with Gasteiger partial charge in [0.2, 0.25) is 0 Å². The number of carbonyl (C=O) groups is 1. The number of carbonyl (C=O) groups excluding carboxylic acids is 1. The standard InChI is InChI=1S/C30H37N7O3/c38-29-33-27-21-24-20-25(7-8-26(24)32-28(27)34-29)40-18-4-11-31-30(39)35-14-16-37(17-15-35)36-12-9-23(10-13-36)19-22-5-2-1-3-6-22/h1-3,5-8,20-21,23H,4,9-19H2,(H,31,39)(H2,32,33,34,38). The number of nitrogens with one attached hydrogen (secondary N) is 3. The maximum absolute atomic E-state index is 12.7. The van der Waals surface area contributed by atoms with Gasteiger partial charge in [0.1, 0.15) is 5.75 Å². The van der Waals surface area contributed by atoms with Crippen molar-refractivity contribution in [1.82, 2.24) is 35.2 Å². The summed E-state index contributed by atoms with van der Waals surface area (Å²) in [6.07, 6.45) is 4.34. The molecule has 2 fully saturated rings. The van der Waals surface area contributed by atoms with E-state index in [1.807, 2.05) is 29.2 Å². The van der Waals surface area contributed by atoms with Crippen molar-refractivity contribution in [2.24, 2.45) is 5.92 Å². The monoisotopic (exact) mass is 543 g/mol. The van der Waals surface area contributed by atoms with Crippen LogP contribution in [0.2, 0.25) is 0 Å². The Morgan fingerprint density at radius 2 is 1.73 bits per heavy atom. The van der Waals surface area contributed by atoms with Gasteiger partial charge < -0.3 is 19.9 Å². The Hall–Kier alpha value is -3.89. The van der Waals surface area contributed by atoms with Gasteiger partial charge in [0.05, 0.1) is 17.6 Å². The van der Waals surface area contributed by atoms with Crippen LogP contribution < -0.4 is 15.7 Å². The predicted octanol–water partition coefficient (Wildman–Crippen LogP) is 3.37. The number of rotatable bonds is 8. The van der Waals surface area contributed by atoms with Crippen LogP contribution in [0.5, 0.6) is 5.75 Å². The van der Waals surface area contributed by atoms with Gasteiger partial charge >= 0.3 is 11.7 Å². The zero-order valence-corrected chi connectivity index (χ0v) is 22.8. The van der Waals surface area contributed by atoms with Crippen LogP contribution in [0.25, 0.3) is 22.1 Å². The number of ether oxygens (including phenoxy) is 1. The van der Waals surface area contributed by atoms with E-state index < -0.39 is 0 Å². The highest BCUT2D eigenvalue weighted by Crippen LogP contribution is 2.24. The first-order valence-corrected chi connectivity index (χ1v) is 14.3. The van der Waals surface area contributed by atoms with Crippen LogP contribution in [-0.4, -0.2) is 88.3 Å². The summed E-state index contributed by atoms with van der Waals surface area (Å²) < 4.78 is 5.90. The van der Waals surface area contributed by atoms with Gasteiger partial charge in [0, 0.05) is 51.2 Å².